The molecule has 2 N–H and O–H groups in total. The number of carbonyl (C=O) groups excluding carboxylic acids is 1. The van der Waals surface area contributed by atoms with Crippen molar-refractivity contribution in [3.05, 3.63) is 24.2 Å². The Labute approximate surface area is 121 Å². The molecule has 1 aromatic rings. The Hall–Kier alpha value is -1.50. The maximum atomic E-state index is 12.7. The van der Waals surface area contributed by atoms with Crippen molar-refractivity contribution in [1.82, 2.24) is 4.90 Å². The minimum atomic E-state index is -4.47. The Kier molecular flexibility index (Phi) is 4.61. The second-order valence-electron chi connectivity index (χ2n) is 5.57. The Morgan fingerprint density at radius 3 is 2.52 bits per heavy atom. The predicted octanol–water partition coefficient (Wildman–Crippen LogP) is 2.83. The van der Waals surface area contributed by atoms with Gasteiger partial charge in [-0.3, -0.25) is 4.79 Å². The standard InChI is InChI=1S/C14H19F3N2O2/c15-14(16,17)10-19(9-11-5-4-8-21-11)12(20)13(18)6-2-1-3-7-13/h4-5,8H,1-3,6-7,9-10,18H2. The number of hydrogen-bond acceptors (Lipinski definition) is 3. The molecule has 1 aromatic heterocycles. The van der Waals surface area contributed by atoms with Crippen molar-refractivity contribution in [3.8, 4) is 0 Å². The summed E-state index contributed by atoms with van der Waals surface area (Å²) in [7, 11) is 0. The molecule has 0 unspecified atom stereocenters. The van der Waals surface area contributed by atoms with Crippen LogP contribution in [0, 0.1) is 0 Å². The van der Waals surface area contributed by atoms with Gasteiger partial charge < -0.3 is 15.1 Å². The van der Waals surface area contributed by atoms with Gasteiger partial charge in [-0.2, -0.15) is 13.2 Å². The second-order valence-corrected chi connectivity index (χ2v) is 5.57. The van der Waals surface area contributed by atoms with Crippen LogP contribution >= 0.6 is 0 Å². The summed E-state index contributed by atoms with van der Waals surface area (Å²) in [6.07, 6.45) is 0.254. The average Bonchev–Trinajstić information content (AvgIpc) is 2.89. The van der Waals surface area contributed by atoms with Gasteiger partial charge in [-0.25, -0.2) is 0 Å². The third-order valence-corrected chi connectivity index (χ3v) is 3.76. The fourth-order valence-electron chi connectivity index (χ4n) is 2.72. The van der Waals surface area contributed by atoms with Crippen molar-refractivity contribution >= 4 is 5.91 Å². The van der Waals surface area contributed by atoms with Crippen LogP contribution in [0.15, 0.2) is 22.8 Å². The highest BCUT2D eigenvalue weighted by atomic mass is 19.4. The Morgan fingerprint density at radius 1 is 1.33 bits per heavy atom. The number of rotatable bonds is 4. The first-order valence-electron chi connectivity index (χ1n) is 6.98. The van der Waals surface area contributed by atoms with Crippen molar-refractivity contribution in [2.45, 2.75) is 50.4 Å². The molecule has 1 aliphatic rings. The quantitative estimate of drug-likeness (QED) is 0.930. The van der Waals surface area contributed by atoms with E-state index in [0.717, 1.165) is 24.2 Å². The van der Waals surface area contributed by atoms with Crippen LogP contribution in [0.1, 0.15) is 37.9 Å². The van der Waals surface area contributed by atoms with Gasteiger partial charge in [0.05, 0.1) is 18.3 Å². The number of halogens is 3. The zero-order valence-electron chi connectivity index (χ0n) is 11.7. The van der Waals surface area contributed by atoms with Crippen LogP contribution in [0.25, 0.3) is 0 Å². The van der Waals surface area contributed by atoms with Gasteiger partial charge in [-0.1, -0.05) is 19.3 Å². The molecule has 0 aromatic carbocycles. The summed E-state index contributed by atoms with van der Waals surface area (Å²) < 4.78 is 43.2. The summed E-state index contributed by atoms with van der Waals surface area (Å²) in [5, 5.41) is 0. The Balaban J connectivity index is 2.15. The first-order chi connectivity index (χ1) is 9.80. The molecular weight excluding hydrogens is 285 g/mol. The maximum Gasteiger partial charge on any atom is 0.406 e. The van der Waals surface area contributed by atoms with Gasteiger partial charge in [0, 0.05) is 0 Å². The van der Waals surface area contributed by atoms with E-state index in [-0.39, 0.29) is 6.54 Å². The van der Waals surface area contributed by atoms with E-state index >= 15 is 0 Å². The number of carbonyl (C=O) groups is 1. The molecule has 0 atom stereocenters. The Morgan fingerprint density at radius 2 is 2.00 bits per heavy atom. The van der Waals surface area contributed by atoms with Crippen molar-refractivity contribution < 1.29 is 22.4 Å². The zero-order chi connectivity index (χ0) is 15.5. The van der Waals surface area contributed by atoms with Gasteiger partial charge in [0.25, 0.3) is 0 Å². The van der Waals surface area contributed by atoms with E-state index in [4.69, 9.17) is 10.2 Å². The Bertz CT molecular complexity index is 465. The summed E-state index contributed by atoms with van der Waals surface area (Å²) in [5.74, 6) is -0.331. The molecule has 1 amide bonds. The lowest BCUT2D eigenvalue weighted by Gasteiger charge is -2.36. The van der Waals surface area contributed by atoms with E-state index in [2.05, 4.69) is 0 Å². The fourth-order valence-corrected chi connectivity index (χ4v) is 2.72. The highest BCUT2D eigenvalue weighted by molar-refractivity contribution is 5.86. The fraction of sp³-hybridized carbons (Fsp3) is 0.643. The molecule has 0 bridgehead atoms. The van der Waals surface area contributed by atoms with Gasteiger partial charge >= 0.3 is 6.18 Å². The summed E-state index contributed by atoms with van der Waals surface area (Å²) >= 11 is 0. The predicted molar refractivity (Wildman–Crippen MR) is 70.2 cm³/mol. The van der Waals surface area contributed by atoms with Gasteiger partial charge in [0.2, 0.25) is 5.91 Å². The summed E-state index contributed by atoms with van der Waals surface area (Å²) in [6, 6.07) is 3.12. The molecule has 2 rings (SSSR count). The van der Waals surface area contributed by atoms with Gasteiger partial charge in [-0.15, -0.1) is 0 Å². The monoisotopic (exact) mass is 304 g/mol. The molecule has 1 fully saturated rings. The smallest absolute Gasteiger partial charge is 0.406 e. The third-order valence-electron chi connectivity index (χ3n) is 3.76. The van der Waals surface area contributed by atoms with Crippen molar-refractivity contribution in [2.75, 3.05) is 6.54 Å². The SMILES string of the molecule is NC1(C(=O)N(Cc2ccco2)CC(F)(F)F)CCCCC1. The number of hydrogen-bond donors (Lipinski definition) is 1. The number of alkyl halides is 3. The second kappa shape index (κ2) is 6.09. The van der Waals surface area contributed by atoms with Crippen molar-refractivity contribution in [2.24, 2.45) is 5.73 Å². The van der Waals surface area contributed by atoms with E-state index in [1.165, 1.54) is 6.26 Å². The summed E-state index contributed by atoms with van der Waals surface area (Å²) in [5.41, 5.74) is 4.88. The number of furan rings is 1. The van der Waals surface area contributed by atoms with E-state index < -0.39 is 24.2 Å². The molecule has 1 aliphatic carbocycles. The number of amides is 1. The molecule has 0 aliphatic heterocycles. The maximum absolute atomic E-state index is 12.7. The lowest BCUT2D eigenvalue weighted by atomic mass is 9.81. The van der Waals surface area contributed by atoms with Crippen LogP contribution in [0.5, 0.6) is 0 Å². The zero-order valence-corrected chi connectivity index (χ0v) is 11.7. The highest BCUT2D eigenvalue weighted by Crippen LogP contribution is 2.29. The largest absolute Gasteiger partial charge is 0.467 e. The van der Waals surface area contributed by atoms with Crippen LogP contribution in [0.3, 0.4) is 0 Å². The average molecular weight is 304 g/mol. The van der Waals surface area contributed by atoms with E-state index in [0.29, 0.717) is 18.6 Å². The first-order valence-corrected chi connectivity index (χ1v) is 6.98. The van der Waals surface area contributed by atoms with Crippen LogP contribution in [-0.4, -0.2) is 29.1 Å². The lowest BCUT2D eigenvalue weighted by Crippen LogP contribution is -2.57. The van der Waals surface area contributed by atoms with Gasteiger partial charge in [0.15, 0.2) is 0 Å². The topological polar surface area (TPSA) is 59.5 Å². The summed E-state index contributed by atoms with van der Waals surface area (Å²) in [4.78, 5) is 13.2. The molecule has 0 radical (unpaired) electrons. The van der Waals surface area contributed by atoms with Crippen molar-refractivity contribution in [1.29, 1.82) is 0 Å². The normalized spacial score (nSPS) is 18.5. The van der Waals surface area contributed by atoms with E-state index in [9.17, 15) is 18.0 Å². The van der Waals surface area contributed by atoms with E-state index in [1.54, 1.807) is 12.1 Å². The van der Waals surface area contributed by atoms with Crippen molar-refractivity contribution in [3.63, 3.8) is 0 Å². The number of nitrogens with zero attached hydrogens (tertiary/aromatic N) is 1. The van der Waals surface area contributed by atoms with E-state index in [1.807, 2.05) is 0 Å². The minimum absolute atomic E-state index is 0.218. The molecule has 1 heterocycles. The molecular formula is C14H19F3N2O2. The van der Waals surface area contributed by atoms with Crippen LogP contribution in [0.2, 0.25) is 0 Å². The molecule has 0 spiro atoms. The number of nitrogens with two attached hydrogens (primary N) is 1. The summed E-state index contributed by atoms with van der Waals surface area (Å²) in [6.45, 7) is -1.53. The molecule has 118 valence electrons. The molecule has 7 heteroatoms. The highest BCUT2D eigenvalue weighted by Gasteiger charge is 2.42. The van der Waals surface area contributed by atoms with Crippen LogP contribution < -0.4 is 5.73 Å². The molecule has 1 saturated carbocycles. The minimum Gasteiger partial charge on any atom is -0.467 e. The van der Waals surface area contributed by atoms with Gasteiger partial charge in [0.1, 0.15) is 12.3 Å². The van der Waals surface area contributed by atoms with Crippen LogP contribution in [-0.2, 0) is 11.3 Å². The van der Waals surface area contributed by atoms with Crippen LogP contribution in [0.4, 0.5) is 13.2 Å². The lowest BCUT2D eigenvalue weighted by molar-refractivity contribution is -0.167. The first kappa shape index (κ1) is 15.9. The molecule has 4 nitrogen and oxygen atoms in total. The third kappa shape index (κ3) is 4.23. The molecule has 0 saturated heterocycles. The molecule has 21 heavy (non-hydrogen) atoms. The van der Waals surface area contributed by atoms with Gasteiger partial charge in [-0.05, 0) is 25.0 Å².